The van der Waals surface area contributed by atoms with Gasteiger partial charge in [-0.15, -0.1) is 5.11 Å². The molecule has 0 heterocycles. The Bertz CT molecular complexity index is 1020. The van der Waals surface area contributed by atoms with Crippen LogP contribution in [0.25, 0.3) is 0 Å². The van der Waals surface area contributed by atoms with Crippen LogP contribution >= 0.6 is 0 Å². The van der Waals surface area contributed by atoms with E-state index in [9.17, 15) is 4.79 Å². The number of para-hydroxylation sites is 1. The minimum Gasteiger partial charge on any atom is -0.541 e. The van der Waals surface area contributed by atoms with Gasteiger partial charge in [0.15, 0.2) is 6.79 Å². The summed E-state index contributed by atoms with van der Waals surface area (Å²) < 4.78 is 23.0. The van der Waals surface area contributed by atoms with E-state index in [1.165, 1.54) is 7.11 Å². The summed E-state index contributed by atoms with van der Waals surface area (Å²) in [5, 5.41) is 8.94. The van der Waals surface area contributed by atoms with E-state index in [1.54, 1.807) is 18.2 Å². The summed E-state index contributed by atoms with van der Waals surface area (Å²) in [5.41, 5.74) is 2.04. The Kier molecular flexibility index (Phi) is 10.2. The van der Waals surface area contributed by atoms with Gasteiger partial charge in [0.25, 0.3) is 8.32 Å². The first-order chi connectivity index (χ1) is 16.8. The Morgan fingerprint density at radius 2 is 1.50 bits per heavy atom. The lowest BCUT2D eigenvalue weighted by Gasteiger charge is -2.42. The van der Waals surface area contributed by atoms with Crippen LogP contribution in [-0.4, -0.2) is 33.8 Å². The molecule has 0 aliphatic heterocycles. The highest BCUT2D eigenvalue weighted by Gasteiger charge is 2.47. The van der Waals surface area contributed by atoms with Gasteiger partial charge in [-0.25, -0.2) is 4.79 Å². The highest BCUT2D eigenvalue weighted by atomic mass is 28.4. The fourth-order valence-electron chi connectivity index (χ4n) is 4.60. The maximum Gasteiger partial charge on any atom is 0.342 e. The zero-order chi connectivity index (χ0) is 27.1. The molecule has 0 bridgehead atoms. The zero-order valence-corrected chi connectivity index (χ0v) is 24.4. The third kappa shape index (κ3) is 7.40. The molecule has 36 heavy (non-hydrogen) atoms. The first-order valence-corrected chi connectivity index (χ1v) is 14.6. The number of esters is 1. The number of hydrogen-bond acceptors (Lipinski definition) is 7. The average Bonchev–Trinajstić information content (AvgIpc) is 2.78. The number of rotatable bonds is 11. The van der Waals surface area contributed by atoms with Gasteiger partial charge in [-0.1, -0.05) is 53.7 Å². The summed E-state index contributed by atoms with van der Waals surface area (Å²) in [5.74, 6) is 0.586. The van der Waals surface area contributed by atoms with Crippen LogP contribution in [0.15, 0.2) is 52.7 Å². The summed E-state index contributed by atoms with van der Waals surface area (Å²) in [6, 6.07) is 12.7. The van der Waals surface area contributed by atoms with E-state index in [-0.39, 0.29) is 12.4 Å². The standard InChI is InChI=1S/C28H42N2O5Si/c1-19(2)36(20(3)4,21(5)6)35-26-14-12-11-13-24(26)30-29-22-15-16-25(33-18-32-10)23(17-22)27(31)34-28(7,8)9/h11-17,19-21H,18H2,1-10H3. The highest BCUT2D eigenvalue weighted by molar-refractivity contribution is 6.78. The van der Waals surface area contributed by atoms with Crippen LogP contribution in [0.5, 0.6) is 11.5 Å². The molecule has 0 unspecified atom stereocenters. The van der Waals surface area contributed by atoms with E-state index in [4.69, 9.17) is 18.6 Å². The van der Waals surface area contributed by atoms with E-state index >= 15 is 0 Å². The monoisotopic (exact) mass is 514 g/mol. The number of azo groups is 1. The van der Waals surface area contributed by atoms with Crippen LogP contribution in [0.4, 0.5) is 11.4 Å². The molecule has 0 aliphatic carbocycles. The van der Waals surface area contributed by atoms with Crippen LogP contribution in [0.2, 0.25) is 16.6 Å². The second kappa shape index (κ2) is 12.5. The molecule has 0 saturated heterocycles. The van der Waals surface area contributed by atoms with Crippen LogP contribution in [0.1, 0.15) is 72.7 Å². The summed E-state index contributed by atoms with van der Waals surface area (Å²) in [7, 11) is -0.648. The number of nitrogens with zero attached hydrogens (tertiary/aromatic N) is 2. The summed E-state index contributed by atoms with van der Waals surface area (Å²) in [6.45, 7) is 19.0. The molecule has 0 amide bonds. The SMILES string of the molecule is COCOc1ccc(N=Nc2ccccc2O[Si](C(C)C)(C(C)C)C(C)C)cc1C(=O)OC(C)(C)C. The Morgan fingerprint density at radius 1 is 0.889 bits per heavy atom. The first kappa shape index (κ1) is 29.5. The summed E-state index contributed by atoms with van der Waals surface area (Å²) in [6.07, 6.45) is 0. The van der Waals surface area contributed by atoms with Crippen molar-refractivity contribution < 1.29 is 23.4 Å². The van der Waals surface area contributed by atoms with E-state index in [0.717, 1.165) is 5.75 Å². The van der Waals surface area contributed by atoms with Crippen LogP contribution in [-0.2, 0) is 9.47 Å². The lowest BCUT2D eigenvalue weighted by molar-refractivity contribution is 0.00556. The summed E-state index contributed by atoms with van der Waals surface area (Å²) >= 11 is 0. The Balaban J connectivity index is 2.44. The minimum absolute atomic E-state index is 0.00850. The van der Waals surface area contributed by atoms with Gasteiger partial charge in [0.1, 0.15) is 28.4 Å². The van der Waals surface area contributed by atoms with Crippen molar-refractivity contribution in [3.8, 4) is 11.5 Å². The predicted molar refractivity (Wildman–Crippen MR) is 146 cm³/mol. The normalized spacial score (nSPS) is 12.6. The fraction of sp³-hybridized carbons (Fsp3) is 0.536. The van der Waals surface area contributed by atoms with E-state index < -0.39 is 19.9 Å². The average molecular weight is 515 g/mol. The Morgan fingerprint density at radius 3 is 2.06 bits per heavy atom. The molecule has 2 aromatic rings. The maximum absolute atomic E-state index is 12.8. The van der Waals surface area contributed by atoms with Gasteiger partial charge in [-0.3, -0.25) is 0 Å². The topological polar surface area (TPSA) is 78.7 Å². The maximum atomic E-state index is 12.8. The van der Waals surface area contributed by atoms with Crippen LogP contribution in [0.3, 0.4) is 0 Å². The number of ether oxygens (including phenoxy) is 3. The van der Waals surface area contributed by atoms with E-state index in [2.05, 4.69) is 51.8 Å². The van der Waals surface area contributed by atoms with Crippen LogP contribution in [0, 0.1) is 0 Å². The number of hydrogen-bond donors (Lipinski definition) is 0. The van der Waals surface area contributed by atoms with Crippen LogP contribution < -0.4 is 9.16 Å². The number of methoxy groups -OCH3 is 1. The van der Waals surface area contributed by atoms with Crippen molar-refractivity contribution in [1.29, 1.82) is 0 Å². The van der Waals surface area contributed by atoms with Gasteiger partial charge in [0.05, 0.1) is 5.69 Å². The second-order valence-corrected chi connectivity index (χ2v) is 16.2. The van der Waals surface area contributed by atoms with E-state index in [0.29, 0.717) is 33.7 Å². The molecule has 0 fully saturated rings. The first-order valence-electron chi connectivity index (χ1n) is 12.5. The molecule has 0 radical (unpaired) electrons. The second-order valence-electron chi connectivity index (χ2n) is 10.8. The largest absolute Gasteiger partial charge is 0.541 e. The smallest absolute Gasteiger partial charge is 0.342 e. The fourth-order valence-corrected chi connectivity index (χ4v) is 9.86. The quantitative estimate of drug-likeness (QED) is 0.130. The third-order valence-corrected chi connectivity index (χ3v) is 12.0. The van der Waals surface area contributed by atoms with Crippen molar-refractivity contribution in [2.75, 3.05) is 13.9 Å². The molecule has 7 nitrogen and oxygen atoms in total. The molecule has 0 spiro atoms. The number of carbonyl (C=O) groups excluding carboxylic acids is 1. The molecular formula is C28H42N2O5Si. The van der Waals surface area contributed by atoms with Gasteiger partial charge >= 0.3 is 5.97 Å². The molecule has 0 saturated carbocycles. The molecule has 8 heteroatoms. The molecule has 0 atom stereocenters. The van der Waals surface area contributed by atoms with Crippen molar-refractivity contribution in [2.24, 2.45) is 10.2 Å². The zero-order valence-electron chi connectivity index (χ0n) is 23.4. The lowest BCUT2D eigenvalue weighted by atomic mass is 10.1. The molecule has 2 rings (SSSR count). The highest BCUT2D eigenvalue weighted by Crippen LogP contribution is 2.44. The number of benzene rings is 2. The Labute approximate surface area is 217 Å². The molecule has 0 N–H and O–H groups in total. The third-order valence-electron chi connectivity index (χ3n) is 6.05. The van der Waals surface area contributed by atoms with Crippen molar-refractivity contribution >= 4 is 25.7 Å². The van der Waals surface area contributed by atoms with Gasteiger partial charge in [0, 0.05) is 7.11 Å². The van der Waals surface area contributed by atoms with Gasteiger partial charge in [-0.05, 0) is 67.7 Å². The van der Waals surface area contributed by atoms with E-state index in [1.807, 2.05) is 45.0 Å². The van der Waals surface area contributed by atoms with Gasteiger partial charge < -0.3 is 18.6 Å². The Hall–Kier alpha value is -2.71. The van der Waals surface area contributed by atoms with Crippen molar-refractivity contribution in [2.45, 2.75) is 84.5 Å². The predicted octanol–water partition coefficient (Wildman–Crippen LogP) is 8.59. The minimum atomic E-state index is -2.17. The molecular weight excluding hydrogens is 472 g/mol. The lowest BCUT2D eigenvalue weighted by Crippen LogP contribution is -2.50. The van der Waals surface area contributed by atoms with Crippen molar-refractivity contribution in [1.82, 2.24) is 0 Å². The number of carbonyl (C=O) groups is 1. The molecule has 2 aromatic carbocycles. The molecule has 0 aliphatic rings. The molecule has 198 valence electrons. The molecule has 0 aromatic heterocycles. The van der Waals surface area contributed by atoms with Crippen molar-refractivity contribution in [3.63, 3.8) is 0 Å². The summed E-state index contributed by atoms with van der Waals surface area (Å²) in [4.78, 5) is 12.8. The van der Waals surface area contributed by atoms with Gasteiger partial charge in [0.2, 0.25) is 0 Å². The van der Waals surface area contributed by atoms with Gasteiger partial charge in [-0.2, -0.15) is 5.11 Å². The van der Waals surface area contributed by atoms with Crippen molar-refractivity contribution in [3.05, 3.63) is 48.0 Å².